The molecule has 3 aliphatic carbocycles. The van der Waals surface area contributed by atoms with Gasteiger partial charge in [-0.3, -0.25) is 0 Å². The van der Waals surface area contributed by atoms with E-state index in [0.717, 1.165) is 17.3 Å². The normalized spacial score (nSPS) is 53.8. The van der Waals surface area contributed by atoms with Gasteiger partial charge in [0, 0.05) is 0 Å². The number of hydrogen-bond donors (Lipinski definition) is 0. The van der Waals surface area contributed by atoms with Crippen molar-refractivity contribution in [2.45, 2.75) is 58.3 Å². The molecule has 0 aromatic rings. The molecule has 74 valence electrons. The molecule has 4 atom stereocenters. The Morgan fingerprint density at radius 3 is 2.69 bits per heavy atom. The smallest absolute Gasteiger partial charge is 0.0238 e. The molecule has 3 fully saturated rings. The van der Waals surface area contributed by atoms with Crippen molar-refractivity contribution in [2.24, 2.45) is 23.2 Å². The Balaban J connectivity index is 1.85. The highest BCUT2D eigenvalue weighted by atomic mass is 14.6. The highest BCUT2D eigenvalue weighted by Crippen LogP contribution is 2.67. The molecule has 3 saturated carbocycles. The Bertz CT molecular complexity index is 208. The van der Waals surface area contributed by atoms with Gasteiger partial charge in [-0.2, -0.15) is 0 Å². The lowest BCUT2D eigenvalue weighted by Gasteiger charge is -2.58. The summed E-state index contributed by atoms with van der Waals surface area (Å²) in [6.07, 6.45) is 12.5. The molecular formula is C13H22. The maximum atomic E-state index is 2.41. The van der Waals surface area contributed by atoms with E-state index in [-0.39, 0.29) is 0 Å². The van der Waals surface area contributed by atoms with Crippen LogP contribution in [0.2, 0.25) is 0 Å². The van der Waals surface area contributed by atoms with Crippen molar-refractivity contribution in [3.8, 4) is 0 Å². The predicted molar refractivity (Wildman–Crippen MR) is 55.5 cm³/mol. The number of rotatable bonds is 1. The molecule has 0 nitrogen and oxygen atoms in total. The van der Waals surface area contributed by atoms with Crippen LogP contribution < -0.4 is 0 Å². The second-order valence-electron chi connectivity index (χ2n) is 5.71. The van der Waals surface area contributed by atoms with Gasteiger partial charge in [-0.15, -0.1) is 0 Å². The van der Waals surface area contributed by atoms with E-state index in [4.69, 9.17) is 0 Å². The van der Waals surface area contributed by atoms with Crippen LogP contribution in [0, 0.1) is 23.2 Å². The average molecular weight is 178 g/mol. The first-order chi connectivity index (χ1) is 6.37. The molecule has 0 radical (unpaired) electrons. The van der Waals surface area contributed by atoms with Crippen LogP contribution in [0.5, 0.6) is 0 Å². The van der Waals surface area contributed by atoms with Crippen LogP contribution >= 0.6 is 0 Å². The molecule has 0 heteroatoms. The van der Waals surface area contributed by atoms with Crippen LogP contribution in [0.1, 0.15) is 58.3 Å². The van der Waals surface area contributed by atoms with Gasteiger partial charge in [0.15, 0.2) is 0 Å². The summed E-state index contributed by atoms with van der Waals surface area (Å²) in [5, 5.41) is 0. The van der Waals surface area contributed by atoms with Gasteiger partial charge in [-0.1, -0.05) is 19.8 Å². The van der Waals surface area contributed by atoms with E-state index in [9.17, 15) is 0 Å². The van der Waals surface area contributed by atoms with Gasteiger partial charge in [-0.25, -0.2) is 0 Å². The molecular weight excluding hydrogens is 156 g/mol. The van der Waals surface area contributed by atoms with E-state index in [0.29, 0.717) is 0 Å². The summed E-state index contributed by atoms with van der Waals surface area (Å²) in [6, 6.07) is 0. The van der Waals surface area contributed by atoms with Crippen molar-refractivity contribution >= 4 is 0 Å². The Kier molecular flexibility index (Phi) is 1.76. The monoisotopic (exact) mass is 178 g/mol. The Morgan fingerprint density at radius 2 is 2.00 bits per heavy atom. The third-order valence-electron chi connectivity index (χ3n) is 5.65. The topological polar surface area (TPSA) is 0 Å². The highest BCUT2D eigenvalue weighted by Gasteiger charge is 2.57. The Morgan fingerprint density at radius 1 is 1.08 bits per heavy atom. The molecule has 3 aliphatic rings. The lowest BCUT2D eigenvalue weighted by atomic mass is 9.47. The van der Waals surface area contributed by atoms with Crippen molar-refractivity contribution < 1.29 is 0 Å². The third kappa shape index (κ3) is 0.926. The van der Waals surface area contributed by atoms with Crippen molar-refractivity contribution in [3.63, 3.8) is 0 Å². The average Bonchev–Trinajstić information content (AvgIpc) is 2.54. The fourth-order valence-electron chi connectivity index (χ4n) is 4.91. The molecule has 0 aromatic carbocycles. The SMILES string of the molecule is CCC1CCC2CCCC23CCC13. The molecule has 0 saturated heterocycles. The second-order valence-corrected chi connectivity index (χ2v) is 5.71. The van der Waals surface area contributed by atoms with Gasteiger partial charge >= 0.3 is 0 Å². The standard InChI is InChI=1S/C13H22/c1-2-10-5-6-11-4-3-8-13(11)9-7-12(10)13/h10-12H,2-9H2,1H3. The summed E-state index contributed by atoms with van der Waals surface area (Å²) in [6.45, 7) is 2.41. The summed E-state index contributed by atoms with van der Waals surface area (Å²) in [4.78, 5) is 0. The van der Waals surface area contributed by atoms with E-state index in [2.05, 4.69) is 6.92 Å². The third-order valence-corrected chi connectivity index (χ3v) is 5.65. The fraction of sp³-hybridized carbons (Fsp3) is 1.00. The molecule has 0 heterocycles. The molecule has 4 unspecified atom stereocenters. The van der Waals surface area contributed by atoms with E-state index >= 15 is 0 Å². The zero-order valence-electron chi connectivity index (χ0n) is 8.89. The maximum absolute atomic E-state index is 2.41. The van der Waals surface area contributed by atoms with Crippen LogP contribution in [0.3, 0.4) is 0 Å². The summed E-state index contributed by atoms with van der Waals surface area (Å²) in [5.74, 6) is 3.44. The van der Waals surface area contributed by atoms with E-state index < -0.39 is 0 Å². The van der Waals surface area contributed by atoms with Gasteiger partial charge in [0.1, 0.15) is 0 Å². The van der Waals surface area contributed by atoms with E-state index in [1.807, 2.05) is 0 Å². The largest absolute Gasteiger partial charge is 0.0651 e. The first kappa shape index (κ1) is 8.32. The molecule has 0 N–H and O–H groups in total. The zero-order chi connectivity index (χ0) is 8.89. The second kappa shape index (κ2) is 2.74. The van der Waals surface area contributed by atoms with E-state index in [1.54, 1.807) is 44.9 Å². The molecule has 13 heavy (non-hydrogen) atoms. The Labute approximate surface area is 82.1 Å². The quantitative estimate of drug-likeness (QED) is 0.569. The maximum Gasteiger partial charge on any atom is -0.0238 e. The van der Waals surface area contributed by atoms with Gasteiger partial charge in [0.05, 0.1) is 0 Å². The van der Waals surface area contributed by atoms with Crippen molar-refractivity contribution in [3.05, 3.63) is 0 Å². The van der Waals surface area contributed by atoms with Gasteiger partial charge in [0.2, 0.25) is 0 Å². The summed E-state index contributed by atoms with van der Waals surface area (Å²) in [7, 11) is 0. The molecule has 0 bridgehead atoms. The van der Waals surface area contributed by atoms with Crippen LogP contribution in [-0.2, 0) is 0 Å². The Hall–Kier alpha value is 0. The first-order valence-corrected chi connectivity index (χ1v) is 6.37. The van der Waals surface area contributed by atoms with Gasteiger partial charge in [0.25, 0.3) is 0 Å². The van der Waals surface area contributed by atoms with Crippen molar-refractivity contribution in [1.82, 2.24) is 0 Å². The summed E-state index contributed by atoms with van der Waals surface area (Å²) in [5.41, 5.74) is 0.902. The lowest BCUT2D eigenvalue weighted by molar-refractivity contribution is -0.0858. The van der Waals surface area contributed by atoms with Gasteiger partial charge in [-0.05, 0) is 61.7 Å². The van der Waals surface area contributed by atoms with Crippen LogP contribution in [-0.4, -0.2) is 0 Å². The minimum Gasteiger partial charge on any atom is -0.0651 e. The van der Waals surface area contributed by atoms with E-state index in [1.165, 1.54) is 12.3 Å². The highest BCUT2D eigenvalue weighted by molar-refractivity contribution is 5.07. The minimum atomic E-state index is 0.902. The molecule has 0 aromatic heterocycles. The lowest BCUT2D eigenvalue weighted by Crippen LogP contribution is -2.49. The summed E-state index contributed by atoms with van der Waals surface area (Å²) < 4.78 is 0. The fourth-order valence-corrected chi connectivity index (χ4v) is 4.91. The predicted octanol–water partition coefficient (Wildman–Crippen LogP) is 4.00. The van der Waals surface area contributed by atoms with Gasteiger partial charge < -0.3 is 0 Å². The molecule has 0 amide bonds. The van der Waals surface area contributed by atoms with Crippen LogP contribution in [0.25, 0.3) is 0 Å². The van der Waals surface area contributed by atoms with Crippen molar-refractivity contribution in [1.29, 1.82) is 0 Å². The van der Waals surface area contributed by atoms with Crippen LogP contribution in [0.15, 0.2) is 0 Å². The zero-order valence-corrected chi connectivity index (χ0v) is 8.89. The molecule has 1 spiro atoms. The first-order valence-electron chi connectivity index (χ1n) is 6.37. The van der Waals surface area contributed by atoms with Crippen LogP contribution in [0.4, 0.5) is 0 Å². The summed E-state index contributed by atoms with van der Waals surface area (Å²) >= 11 is 0. The molecule has 0 aliphatic heterocycles. The minimum absolute atomic E-state index is 0.902. The molecule has 3 rings (SSSR count). The number of hydrogen-bond acceptors (Lipinski definition) is 0. The van der Waals surface area contributed by atoms with Crippen molar-refractivity contribution in [2.75, 3.05) is 0 Å².